The van der Waals surface area contributed by atoms with Crippen molar-refractivity contribution in [1.29, 1.82) is 0 Å². The average molecular weight is 365 g/mol. The topological polar surface area (TPSA) is 111 Å². The van der Waals surface area contributed by atoms with Crippen LogP contribution in [0.15, 0.2) is 42.9 Å². The molecule has 0 radical (unpaired) electrons. The fourth-order valence-electron chi connectivity index (χ4n) is 2.69. The quantitative estimate of drug-likeness (QED) is 0.566. The van der Waals surface area contributed by atoms with E-state index in [1.807, 2.05) is 25.3 Å². The summed E-state index contributed by atoms with van der Waals surface area (Å²) >= 11 is 0. The highest BCUT2D eigenvalue weighted by Gasteiger charge is 2.12. The van der Waals surface area contributed by atoms with E-state index in [-0.39, 0.29) is 5.56 Å². The predicted octanol–water partition coefficient (Wildman–Crippen LogP) is 2.50. The van der Waals surface area contributed by atoms with Gasteiger partial charge in [-0.2, -0.15) is 10.1 Å². The van der Waals surface area contributed by atoms with Gasteiger partial charge in [0.1, 0.15) is 5.82 Å². The number of aromatic nitrogens is 4. The van der Waals surface area contributed by atoms with E-state index >= 15 is 0 Å². The number of rotatable bonds is 8. The second-order valence-electron chi connectivity index (χ2n) is 6.13. The average Bonchev–Trinajstić information content (AvgIpc) is 3.11. The Balaban J connectivity index is 1.73. The normalized spacial score (nSPS) is 10.6. The Morgan fingerprint density at radius 1 is 1.26 bits per heavy atom. The summed E-state index contributed by atoms with van der Waals surface area (Å²) in [6.45, 7) is 5.48. The smallest absolute Gasteiger partial charge is 0.254 e. The monoisotopic (exact) mass is 365 g/mol. The number of nitrogens with one attached hydrogen (secondary N) is 2. The van der Waals surface area contributed by atoms with Crippen LogP contribution in [0.5, 0.6) is 0 Å². The molecular weight excluding hydrogens is 342 g/mol. The maximum atomic E-state index is 11.7. The summed E-state index contributed by atoms with van der Waals surface area (Å²) in [4.78, 5) is 20.3. The molecule has 2 heterocycles. The fraction of sp³-hybridized carbons (Fsp3) is 0.263. The third-order valence-electron chi connectivity index (χ3n) is 4.22. The molecule has 1 amide bonds. The van der Waals surface area contributed by atoms with Crippen LogP contribution in [0.25, 0.3) is 0 Å². The van der Waals surface area contributed by atoms with Gasteiger partial charge in [-0.1, -0.05) is 24.3 Å². The molecule has 0 atom stereocenters. The minimum Gasteiger partial charge on any atom is -0.369 e. The van der Waals surface area contributed by atoms with Gasteiger partial charge in [-0.25, -0.2) is 4.98 Å². The summed E-state index contributed by atoms with van der Waals surface area (Å²) in [5.41, 5.74) is 8.95. The predicted molar refractivity (Wildman–Crippen MR) is 105 cm³/mol. The van der Waals surface area contributed by atoms with E-state index in [9.17, 15) is 4.79 Å². The molecule has 0 spiro atoms. The number of benzene rings is 1. The number of hydrogen-bond donors (Lipinski definition) is 3. The van der Waals surface area contributed by atoms with Crippen molar-refractivity contribution in [2.75, 3.05) is 17.2 Å². The lowest BCUT2D eigenvalue weighted by Gasteiger charge is -2.11. The summed E-state index contributed by atoms with van der Waals surface area (Å²) in [6, 6.07) is 8.19. The SMILES string of the molecule is CCn1cc(Nc2ncc(C(N)=O)c(NCCc3ccccc3C)n2)cn1. The van der Waals surface area contributed by atoms with Crippen molar-refractivity contribution < 1.29 is 4.79 Å². The minimum atomic E-state index is -0.571. The Morgan fingerprint density at radius 2 is 2.07 bits per heavy atom. The van der Waals surface area contributed by atoms with Gasteiger partial charge in [-0.15, -0.1) is 0 Å². The molecule has 3 rings (SSSR count). The number of aryl methyl sites for hydroxylation is 2. The molecule has 0 bridgehead atoms. The molecule has 2 aromatic heterocycles. The molecule has 140 valence electrons. The van der Waals surface area contributed by atoms with Gasteiger partial charge in [0.05, 0.1) is 17.4 Å². The van der Waals surface area contributed by atoms with Crippen molar-refractivity contribution in [3.63, 3.8) is 0 Å². The zero-order chi connectivity index (χ0) is 19.2. The number of nitrogens with zero attached hydrogens (tertiary/aromatic N) is 4. The maximum absolute atomic E-state index is 11.7. The van der Waals surface area contributed by atoms with Crippen LogP contribution in [0.3, 0.4) is 0 Å². The summed E-state index contributed by atoms with van der Waals surface area (Å²) in [5.74, 6) is 0.212. The third-order valence-corrected chi connectivity index (χ3v) is 4.22. The molecule has 0 aliphatic carbocycles. The van der Waals surface area contributed by atoms with E-state index < -0.39 is 5.91 Å². The van der Waals surface area contributed by atoms with Crippen molar-refractivity contribution in [1.82, 2.24) is 19.7 Å². The Labute approximate surface area is 157 Å². The highest BCUT2D eigenvalue weighted by Crippen LogP contribution is 2.17. The molecule has 0 aliphatic heterocycles. The number of amides is 1. The molecule has 27 heavy (non-hydrogen) atoms. The van der Waals surface area contributed by atoms with Crippen molar-refractivity contribution in [3.8, 4) is 0 Å². The van der Waals surface area contributed by atoms with Gasteiger partial charge < -0.3 is 16.4 Å². The van der Waals surface area contributed by atoms with Crippen molar-refractivity contribution in [2.45, 2.75) is 26.8 Å². The highest BCUT2D eigenvalue weighted by atomic mass is 16.1. The van der Waals surface area contributed by atoms with E-state index in [2.05, 4.69) is 44.8 Å². The summed E-state index contributed by atoms with van der Waals surface area (Å²) in [5, 5.41) is 10.5. The van der Waals surface area contributed by atoms with Gasteiger partial charge >= 0.3 is 0 Å². The highest BCUT2D eigenvalue weighted by molar-refractivity contribution is 5.97. The molecule has 8 heteroatoms. The van der Waals surface area contributed by atoms with E-state index in [0.29, 0.717) is 18.3 Å². The lowest BCUT2D eigenvalue weighted by atomic mass is 10.1. The minimum absolute atomic E-state index is 0.259. The Hall–Kier alpha value is -3.42. The third kappa shape index (κ3) is 4.60. The first-order chi connectivity index (χ1) is 13.1. The number of primary amides is 1. The lowest BCUT2D eigenvalue weighted by molar-refractivity contribution is 0.100. The molecule has 4 N–H and O–H groups in total. The molecule has 0 saturated carbocycles. The zero-order valence-corrected chi connectivity index (χ0v) is 15.4. The van der Waals surface area contributed by atoms with E-state index in [0.717, 1.165) is 18.7 Å². The molecule has 3 aromatic rings. The zero-order valence-electron chi connectivity index (χ0n) is 15.4. The summed E-state index contributed by atoms with van der Waals surface area (Å²) < 4.78 is 1.79. The molecular formula is C19H23N7O. The second kappa shape index (κ2) is 8.31. The van der Waals surface area contributed by atoms with Crippen LogP contribution >= 0.6 is 0 Å². The standard InChI is InChI=1S/C19H23N7O/c1-3-26-12-15(10-23-26)24-19-22-11-16(17(20)27)18(25-19)21-9-8-14-7-5-4-6-13(14)2/h4-7,10-12H,3,8-9H2,1-2H3,(H2,20,27)(H2,21,22,24,25). The molecule has 0 fully saturated rings. The lowest BCUT2D eigenvalue weighted by Crippen LogP contribution is -2.18. The van der Waals surface area contributed by atoms with Crippen molar-refractivity contribution in [3.05, 3.63) is 59.5 Å². The number of carbonyl (C=O) groups is 1. The molecule has 8 nitrogen and oxygen atoms in total. The number of anilines is 3. The van der Waals surface area contributed by atoms with Gasteiger partial charge in [0, 0.05) is 25.5 Å². The van der Waals surface area contributed by atoms with Gasteiger partial charge in [0.15, 0.2) is 0 Å². The first-order valence-corrected chi connectivity index (χ1v) is 8.81. The fourth-order valence-corrected chi connectivity index (χ4v) is 2.69. The molecule has 1 aromatic carbocycles. The molecule has 0 saturated heterocycles. The van der Waals surface area contributed by atoms with Crippen LogP contribution < -0.4 is 16.4 Å². The summed E-state index contributed by atoms with van der Waals surface area (Å²) in [7, 11) is 0. The van der Waals surface area contributed by atoms with E-state index in [1.165, 1.54) is 17.3 Å². The molecule has 0 aliphatic rings. The second-order valence-corrected chi connectivity index (χ2v) is 6.13. The first kappa shape index (κ1) is 18.4. The van der Waals surface area contributed by atoms with Gasteiger partial charge in [0.25, 0.3) is 5.91 Å². The number of nitrogens with two attached hydrogens (primary N) is 1. The summed E-state index contributed by atoms with van der Waals surface area (Å²) in [6.07, 6.45) is 5.79. The van der Waals surface area contributed by atoms with Gasteiger partial charge in [0.2, 0.25) is 5.95 Å². The van der Waals surface area contributed by atoms with Gasteiger partial charge in [-0.05, 0) is 31.4 Å². The Bertz CT molecular complexity index is 935. The van der Waals surface area contributed by atoms with Crippen LogP contribution in [0.1, 0.15) is 28.4 Å². The van der Waals surface area contributed by atoms with E-state index in [4.69, 9.17) is 5.73 Å². The Morgan fingerprint density at radius 3 is 2.78 bits per heavy atom. The van der Waals surface area contributed by atoms with Crippen LogP contribution in [-0.4, -0.2) is 32.2 Å². The van der Waals surface area contributed by atoms with Crippen molar-refractivity contribution >= 4 is 23.4 Å². The van der Waals surface area contributed by atoms with Crippen LogP contribution in [0, 0.1) is 6.92 Å². The van der Waals surface area contributed by atoms with Crippen LogP contribution in [0.4, 0.5) is 17.5 Å². The number of hydrogen-bond acceptors (Lipinski definition) is 6. The Kier molecular flexibility index (Phi) is 5.65. The van der Waals surface area contributed by atoms with Crippen molar-refractivity contribution in [2.24, 2.45) is 5.73 Å². The molecule has 0 unspecified atom stereocenters. The maximum Gasteiger partial charge on any atom is 0.254 e. The largest absolute Gasteiger partial charge is 0.369 e. The van der Waals surface area contributed by atoms with Gasteiger partial charge in [-0.3, -0.25) is 9.48 Å². The first-order valence-electron chi connectivity index (χ1n) is 8.81. The van der Waals surface area contributed by atoms with E-state index in [1.54, 1.807) is 10.9 Å². The van der Waals surface area contributed by atoms with Crippen LogP contribution in [-0.2, 0) is 13.0 Å². The number of carbonyl (C=O) groups excluding carboxylic acids is 1. The van der Waals surface area contributed by atoms with Crippen LogP contribution in [0.2, 0.25) is 0 Å².